The highest BCUT2D eigenvalue weighted by Crippen LogP contribution is 2.20. The van der Waals surface area contributed by atoms with E-state index in [0.29, 0.717) is 22.5 Å². The highest BCUT2D eigenvalue weighted by molar-refractivity contribution is 7.99. The van der Waals surface area contributed by atoms with Gasteiger partial charge in [-0.15, -0.1) is 10.2 Å². The lowest BCUT2D eigenvalue weighted by Gasteiger charge is -2.08. The van der Waals surface area contributed by atoms with Crippen LogP contribution in [0, 0.1) is 6.92 Å². The molecular weight excluding hydrogens is 378 g/mol. The number of ether oxygens (including phenoxy) is 2. The number of aryl methyl sites for hydroxylation is 1. The lowest BCUT2D eigenvalue weighted by Crippen LogP contribution is -2.18. The van der Waals surface area contributed by atoms with Crippen LogP contribution in [0.3, 0.4) is 0 Å². The molecule has 146 valence electrons. The van der Waals surface area contributed by atoms with Gasteiger partial charge in [-0.2, -0.15) is 0 Å². The molecule has 3 N–H and O–H groups in total. The van der Waals surface area contributed by atoms with Crippen molar-refractivity contribution >= 4 is 23.4 Å². The first-order chi connectivity index (χ1) is 13.5. The zero-order valence-corrected chi connectivity index (χ0v) is 16.4. The summed E-state index contributed by atoms with van der Waals surface area (Å²) in [7, 11) is 1.59. The fourth-order valence-electron chi connectivity index (χ4n) is 2.31. The monoisotopic (exact) mass is 399 g/mol. The maximum Gasteiger partial charge on any atom is 0.234 e. The Bertz CT molecular complexity index is 943. The molecule has 1 amide bonds. The predicted molar refractivity (Wildman–Crippen MR) is 108 cm³/mol. The number of thioether (sulfide) groups is 1. The molecule has 0 aliphatic carbocycles. The first kappa shape index (κ1) is 19.6. The van der Waals surface area contributed by atoms with Gasteiger partial charge >= 0.3 is 0 Å². The minimum Gasteiger partial charge on any atom is -0.497 e. The third kappa shape index (κ3) is 5.17. The highest BCUT2D eigenvalue weighted by Gasteiger charge is 2.13. The molecule has 0 aliphatic rings. The first-order valence-electron chi connectivity index (χ1n) is 8.50. The summed E-state index contributed by atoms with van der Waals surface area (Å²) in [6.07, 6.45) is 0. The molecule has 0 unspecified atom stereocenters. The van der Waals surface area contributed by atoms with Gasteiger partial charge in [-0.3, -0.25) is 4.79 Å². The Labute approximate surface area is 167 Å². The minimum absolute atomic E-state index is 0.146. The van der Waals surface area contributed by atoms with Gasteiger partial charge in [-0.1, -0.05) is 35.5 Å². The quantitative estimate of drug-likeness (QED) is 0.443. The summed E-state index contributed by atoms with van der Waals surface area (Å²) in [5, 5.41) is 11.3. The average molecular weight is 399 g/mol. The molecular formula is C19H21N5O3S. The second kappa shape index (κ2) is 9.14. The van der Waals surface area contributed by atoms with Crippen LogP contribution in [0.1, 0.15) is 11.4 Å². The van der Waals surface area contributed by atoms with E-state index in [1.54, 1.807) is 13.2 Å². The number of carbonyl (C=O) groups is 1. The Kier molecular flexibility index (Phi) is 6.38. The van der Waals surface area contributed by atoms with Gasteiger partial charge in [0, 0.05) is 11.8 Å². The Morgan fingerprint density at radius 3 is 2.68 bits per heavy atom. The molecule has 0 spiro atoms. The number of nitrogens with one attached hydrogen (secondary N) is 1. The number of hydrogen-bond donors (Lipinski definition) is 2. The van der Waals surface area contributed by atoms with Crippen LogP contribution in [0.25, 0.3) is 0 Å². The maximum absolute atomic E-state index is 12.1. The van der Waals surface area contributed by atoms with E-state index in [2.05, 4.69) is 15.5 Å². The van der Waals surface area contributed by atoms with Crippen molar-refractivity contribution in [3.05, 3.63) is 59.9 Å². The zero-order chi connectivity index (χ0) is 19.9. The van der Waals surface area contributed by atoms with Gasteiger partial charge in [0.25, 0.3) is 0 Å². The Balaban J connectivity index is 1.52. The summed E-state index contributed by atoms with van der Waals surface area (Å²) < 4.78 is 12.2. The molecule has 0 atom stereocenters. The summed E-state index contributed by atoms with van der Waals surface area (Å²) in [6.45, 7) is 2.14. The van der Waals surface area contributed by atoms with E-state index in [1.165, 1.54) is 16.4 Å². The molecule has 3 aromatic rings. The van der Waals surface area contributed by atoms with Crippen LogP contribution in [0.2, 0.25) is 0 Å². The normalized spacial score (nSPS) is 10.5. The van der Waals surface area contributed by atoms with Gasteiger partial charge in [-0.25, -0.2) is 4.68 Å². The topological polar surface area (TPSA) is 104 Å². The number of anilines is 1. The van der Waals surface area contributed by atoms with Crippen LogP contribution in [0.5, 0.6) is 11.5 Å². The van der Waals surface area contributed by atoms with Gasteiger partial charge in [0.05, 0.1) is 12.9 Å². The molecule has 0 fully saturated rings. The standard InChI is InChI=1S/C19H21N5O3S/c1-13-6-8-14(9-7-13)21-18(25)12-28-19-23-22-17(24(19)20)11-27-16-5-3-4-15(10-16)26-2/h3-10H,11-12,20H2,1-2H3,(H,21,25). The van der Waals surface area contributed by atoms with Gasteiger partial charge in [0.1, 0.15) is 18.1 Å². The van der Waals surface area contributed by atoms with Crippen LogP contribution in [0.15, 0.2) is 53.7 Å². The molecule has 0 aliphatic heterocycles. The summed E-state index contributed by atoms with van der Waals surface area (Å²) in [6, 6.07) is 14.8. The van der Waals surface area contributed by atoms with Crippen molar-refractivity contribution in [3.8, 4) is 11.5 Å². The molecule has 0 radical (unpaired) electrons. The number of carbonyl (C=O) groups excluding carboxylic acids is 1. The van der Waals surface area contributed by atoms with Crippen molar-refractivity contribution in [1.29, 1.82) is 0 Å². The molecule has 1 aromatic heterocycles. The Morgan fingerprint density at radius 1 is 1.18 bits per heavy atom. The van der Waals surface area contributed by atoms with Gasteiger partial charge in [0.15, 0.2) is 5.82 Å². The van der Waals surface area contributed by atoms with E-state index in [0.717, 1.165) is 11.3 Å². The number of benzene rings is 2. The Morgan fingerprint density at radius 2 is 1.93 bits per heavy atom. The number of nitrogen functional groups attached to an aromatic ring is 1. The molecule has 28 heavy (non-hydrogen) atoms. The van der Waals surface area contributed by atoms with Gasteiger partial charge in [-0.05, 0) is 31.2 Å². The smallest absolute Gasteiger partial charge is 0.234 e. The van der Waals surface area contributed by atoms with Crippen molar-refractivity contribution < 1.29 is 14.3 Å². The number of methoxy groups -OCH3 is 1. The Hall–Kier alpha value is -3.20. The second-order valence-electron chi connectivity index (χ2n) is 5.94. The van der Waals surface area contributed by atoms with E-state index < -0.39 is 0 Å². The van der Waals surface area contributed by atoms with E-state index in [9.17, 15) is 4.79 Å². The lowest BCUT2D eigenvalue weighted by molar-refractivity contribution is -0.113. The van der Waals surface area contributed by atoms with Crippen LogP contribution in [0.4, 0.5) is 5.69 Å². The molecule has 0 saturated carbocycles. The summed E-state index contributed by atoms with van der Waals surface area (Å²) >= 11 is 1.20. The zero-order valence-electron chi connectivity index (χ0n) is 15.6. The third-order valence-corrected chi connectivity index (χ3v) is 4.76. The number of rotatable bonds is 8. The molecule has 9 heteroatoms. The SMILES string of the molecule is COc1cccc(OCc2nnc(SCC(=O)Nc3ccc(C)cc3)n2N)c1. The third-order valence-electron chi connectivity index (χ3n) is 3.81. The van der Waals surface area contributed by atoms with Crippen molar-refractivity contribution in [2.24, 2.45) is 0 Å². The highest BCUT2D eigenvalue weighted by atomic mass is 32.2. The summed E-state index contributed by atoms with van der Waals surface area (Å²) in [5.74, 6) is 7.81. The number of nitrogens with two attached hydrogens (primary N) is 1. The number of nitrogens with zero attached hydrogens (tertiary/aromatic N) is 3. The summed E-state index contributed by atoms with van der Waals surface area (Å²) in [5.41, 5.74) is 1.88. The van der Waals surface area contributed by atoms with E-state index >= 15 is 0 Å². The number of amides is 1. The lowest BCUT2D eigenvalue weighted by atomic mass is 10.2. The van der Waals surface area contributed by atoms with Crippen molar-refractivity contribution in [2.45, 2.75) is 18.7 Å². The van der Waals surface area contributed by atoms with Crippen molar-refractivity contribution in [1.82, 2.24) is 14.9 Å². The molecule has 0 bridgehead atoms. The van der Waals surface area contributed by atoms with Crippen molar-refractivity contribution in [3.63, 3.8) is 0 Å². The van der Waals surface area contributed by atoms with Gasteiger partial charge < -0.3 is 20.6 Å². The van der Waals surface area contributed by atoms with Crippen LogP contribution < -0.4 is 20.6 Å². The van der Waals surface area contributed by atoms with Crippen LogP contribution in [-0.2, 0) is 11.4 Å². The first-order valence-corrected chi connectivity index (χ1v) is 9.49. The number of aromatic nitrogens is 3. The molecule has 2 aromatic carbocycles. The second-order valence-corrected chi connectivity index (χ2v) is 6.88. The minimum atomic E-state index is -0.147. The van der Waals surface area contributed by atoms with Crippen molar-refractivity contribution in [2.75, 3.05) is 24.0 Å². The molecule has 3 rings (SSSR count). The van der Waals surface area contributed by atoms with Crippen LogP contribution >= 0.6 is 11.8 Å². The van der Waals surface area contributed by atoms with Crippen LogP contribution in [-0.4, -0.2) is 33.6 Å². The largest absolute Gasteiger partial charge is 0.497 e. The molecule has 8 nitrogen and oxygen atoms in total. The molecule has 0 saturated heterocycles. The predicted octanol–water partition coefficient (Wildman–Crippen LogP) is 2.62. The van der Waals surface area contributed by atoms with Gasteiger partial charge in [0.2, 0.25) is 11.1 Å². The maximum atomic E-state index is 12.1. The van der Waals surface area contributed by atoms with E-state index in [1.807, 2.05) is 49.4 Å². The van der Waals surface area contributed by atoms with E-state index in [-0.39, 0.29) is 18.3 Å². The number of hydrogen-bond acceptors (Lipinski definition) is 7. The fraction of sp³-hybridized carbons (Fsp3) is 0.211. The average Bonchev–Trinajstić information content (AvgIpc) is 3.06. The summed E-state index contributed by atoms with van der Waals surface area (Å²) in [4.78, 5) is 12.1. The van der Waals surface area contributed by atoms with E-state index in [4.69, 9.17) is 15.3 Å². The molecule has 1 heterocycles. The fourth-order valence-corrected chi connectivity index (χ4v) is 2.98.